The molecule has 1 fully saturated rings. The highest BCUT2D eigenvalue weighted by Crippen LogP contribution is 2.40. The van der Waals surface area contributed by atoms with Gasteiger partial charge in [-0.1, -0.05) is 0 Å². The molecule has 2 nitrogen and oxygen atoms in total. The highest BCUT2D eigenvalue weighted by atomic mass is 19.1. The van der Waals surface area contributed by atoms with Crippen LogP contribution in [0.1, 0.15) is 24.0 Å². The Morgan fingerprint density at radius 1 is 1.44 bits per heavy atom. The number of halogens is 1. The lowest BCUT2D eigenvalue weighted by molar-refractivity contribution is 0.397. The van der Waals surface area contributed by atoms with Crippen molar-refractivity contribution in [3.05, 3.63) is 29.1 Å². The van der Waals surface area contributed by atoms with E-state index in [0.717, 1.165) is 18.4 Å². The van der Waals surface area contributed by atoms with Crippen molar-refractivity contribution in [3.8, 4) is 5.75 Å². The molecule has 0 radical (unpaired) electrons. The van der Waals surface area contributed by atoms with Gasteiger partial charge in [0.15, 0.2) is 0 Å². The van der Waals surface area contributed by atoms with Crippen molar-refractivity contribution in [2.45, 2.75) is 31.7 Å². The molecule has 1 aromatic rings. The summed E-state index contributed by atoms with van der Waals surface area (Å²) < 4.78 is 19.1. The van der Waals surface area contributed by atoms with Gasteiger partial charge in [0.2, 0.25) is 0 Å². The minimum absolute atomic E-state index is 0.101. The molecule has 1 aliphatic rings. The van der Waals surface area contributed by atoms with Crippen molar-refractivity contribution in [1.82, 2.24) is 5.32 Å². The second kappa shape index (κ2) is 4.06. The van der Waals surface area contributed by atoms with Crippen molar-refractivity contribution in [1.29, 1.82) is 0 Å². The van der Waals surface area contributed by atoms with Gasteiger partial charge in [-0.05, 0) is 50.9 Å². The van der Waals surface area contributed by atoms with Crippen LogP contribution < -0.4 is 10.1 Å². The minimum Gasteiger partial charge on any atom is -0.496 e. The van der Waals surface area contributed by atoms with Gasteiger partial charge in [0.25, 0.3) is 0 Å². The fourth-order valence-electron chi connectivity index (χ4n) is 2.10. The summed E-state index contributed by atoms with van der Waals surface area (Å²) in [6.45, 7) is 1.88. The van der Waals surface area contributed by atoms with Gasteiger partial charge in [-0.15, -0.1) is 0 Å². The van der Waals surface area contributed by atoms with E-state index in [1.54, 1.807) is 13.2 Å². The molecular formula is C13H18FNO. The summed E-state index contributed by atoms with van der Waals surface area (Å²) in [4.78, 5) is 0. The van der Waals surface area contributed by atoms with E-state index in [2.05, 4.69) is 5.32 Å². The van der Waals surface area contributed by atoms with Crippen LogP contribution in [0.5, 0.6) is 5.75 Å². The molecule has 0 spiro atoms. The maximum absolute atomic E-state index is 13.9. The molecule has 0 saturated heterocycles. The highest BCUT2D eigenvalue weighted by Gasteiger charge is 2.42. The Balaban J connectivity index is 2.32. The third-order valence-corrected chi connectivity index (χ3v) is 3.42. The summed E-state index contributed by atoms with van der Waals surface area (Å²) in [5, 5.41) is 3.27. The molecule has 1 aliphatic carbocycles. The summed E-state index contributed by atoms with van der Waals surface area (Å²) in [6, 6.07) is 3.47. The quantitative estimate of drug-likeness (QED) is 0.846. The maximum atomic E-state index is 13.9. The first-order valence-electron chi connectivity index (χ1n) is 5.62. The molecule has 0 heterocycles. The average Bonchev–Trinajstić information content (AvgIpc) is 3.02. The predicted molar refractivity (Wildman–Crippen MR) is 62.4 cm³/mol. The first-order valence-corrected chi connectivity index (χ1v) is 5.62. The Labute approximate surface area is 95.8 Å². The van der Waals surface area contributed by atoms with Crippen LogP contribution in [0.2, 0.25) is 0 Å². The van der Waals surface area contributed by atoms with Gasteiger partial charge < -0.3 is 10.1 Å². The zero-order valence-corrected chi connectivity index (χ0v) is 10.1. The third kappa shape index (κ3) is 2.05. The topological polar surface area (TPSA) is 21.3 Å². The van der Waals surface area contributed by atoms with Gasteiger partial charge in [0.1, 0.15) is 11.6 Å². The minimum atomic E-state index is -0.154. The normalized spacial score (nSPS) is 17.2. The van der Waals surface area contributed by atoms with Crippen LogP contribution in [0.3, 0.4) is 0 Å². The Hall–Kier alpha value is -1.09. The van der Waals surface area contributed by atoms with Crippen LogP contribution in [-0.2, 0) is 6.42 Å². The molecule has 1 saturated carbocycles. The van der Waals surface area contributed by atoms with E-state index < -0.39 is 0 Å². The third-order valence-electron chi connectivity index (χ3n) is 3.42. The molecule has 16 heavy (non-hydrogen) atoms. The number of aryl methyl sites for hydroxylation is 1. The standard InChI is InChI=1S/C13H18FNO/c1-9-6-11(14)10(12(7-9)16-3)8-13(15-2)4-5-13/h6-7,15H,4-5,8H2,1-3H3. The molecule has 2 rings (SSSR count). The van der Waals surface area contributed by atoms with Crippen molar-refractivity contribution < 1.29 is 9.13 Å². The Bertz CT molecular complexity index is 399. The number of benzene rings is 1. The summed E-state index contributed by atoms with van der Waals surface area (Å²) in [7, 11) is 3.53. The van der Waals surface area contributed by atoms with Gasteiger partial charge in [0.05, 0.1) is 7.11 Å². The number of hydrogen-bond acceptors (Lipinski definition) is 2. The summed E-state index contributed by atoms with van der Waals surface area (Å²) in [6.07, 6.45) is 2.93. The van der Waals surface area contributed by atoms with E-state index in [9.17, 15) is 4.39 Å². The van der Waals surface area contributed by atoms with Gasteiger partial charge >= 0.3 is 0 Å². The van der Waals surface area contributed by atoms with Crippen molar-refractivity contribution in [2.75, 3.05) is 14.2 Å². The van der Waals surface area contributed by atoms with E-state index in [0.29, 0.717) is 17.7 Å². The van der Waals surface area contributed by atoms with E-state index >= 15 is 0 Å². The summed E-state index contributed by atoms with van der Waals surface area (Å²) in [5.41, 5.74) is 1.69. The lowest BCUT2D eigenvalue weighted by atomic mass is 10.0. The summed E-state index contributed by atoms with van der Waals surface area (Å²) >= 11 is 0. The Morgan fingerprint density at radius 2 is 2.12 bits per heavy atom. The van der Waals surface area contributed by atoms with Gasteiger partial charge in [-0.3, -0.25) is 0 Å². The van der Waals surface area contributed by atoms with Crippen LogP contribution in [0.25, 0.3) is 0 Å². The number of ether oxygens (including phenoxy) is 1. The largest absolute Gasteiger partial charge is 0.496 e. The number of likely N-dealkylation sites (N-methyl/N-ethyl adjacent to an activating group) is 1. The molecule has 0 atom stereocenters. The molecule has 0 amide bonds. The van der Waals surface area contributed by atoms with E-state index in [1.165, 1.54) is 0 Å². The van der Waals surface area contributed by atoms with Crippen LogP contribution in [0.15, 0.2) is 12.1 Å². The SMILES string of the molecule is CNC1(Cc2c(F)cc(C)cc2OC)CC1. The van der Waals surface area contributed by atoms with Crippen molar-refractivity contribution >= 4 is 0 Å². The first kappa shape index (κ1) is 11.4. The fourth-order valence-corrected chi connectivity index (χ4v) is 2.10. The van der Waals surface area contributed by atoms with Gasteiger partial charge in [-0.2, -0.15) is 0 Å². The van der Waals surface area contributed by atoms with Gasteiger partial charge in [0, 0.05) is 11.1 Å². The second-order valence-electron chi connectivity index (χ2n) is 4.63. The lowest BCUT2D eigenvalue weighted by Crippen LogP contribution is -2.30. The average molecular weight is 223 g/mol. The number of hydrogen-bond donors (Lipinski definition) is 1. The van der Waals surface area contributed by atoms with Crippen LogP contribution in [-0.4, -0.2) is 19.7 Å². The van der Waals surface area contributed by atoms with E-state index in [1.807, 2.05) is 20.0 Å². The molecule has 3 heteroatoms. The Morgan fingerprint density at radius 3 is 2.62 bits per heavy atom. The second-order valence-corrected chi connectivity index (χ2v) is 4.63. The predicted octanol–water partition coefficient (Wildman–Crippen LogP) is 2.44. The van der Waals surface area contributed by atoms with Crippen molar-refractivity contribution in [2.24, 2.45) is 0 Å². The van der Waals surface area contributed by atoms with E-state index in [4.69, 9.17) is 4.74 Å². The van der Waals surface area contributed by atoms with Gasteiger partial charge in [-0.25, -0.2) is 4.39 Å². The first-order chi connectivity index (χ1) is 7.60. The van der Waals surface area contributed by atoms with Crippen LogP contribution in [0.4, 0.5) is 4.39 Å². The molecule has 88 valence electrons. The smallest absolute Gasteiger partial charge is 0.130 e. The number of methoxy groups -OCH3 is 1. The van der Waals surface area contributed by atoms with Crippen LogP contribution >= 0.6 is 0 Å². The maximum Gasteiger partial charge on any atom is 0.130 e. The summed E-state index contributed by atoms with van der Waals surface area (Å²) in [5.74, 6) is 0.511. The monoisotopic (exact) mass is 223 g/mol. The number of rotatable bonds is 4. The molecule has 0 aliphatic heterocycles. The molecule has 1 N–H and O–H groups in total. The highest BCUT2D eigenvalue weighted by molar-refractivity contribution is 5.40. The van der Waals surface area contributed by atoms with Crippen molar-refractivity contribution in [3.63, 3.8) is 0 Å². The molecule has 0 bridgehead atoms. The molecule has 0 unspecified atom stereocenters. The molecule has 0 aromatic heterocycles. The Kier molecular flexibility index (Phi) is 2.89. The molecular weight excluding hydrogens is 205 g/mol. The van der Waals surface area contributed by atoms with Crippen LogP contribution in [0, 0.1) is 12.7 Å². The zero-order chi connectivity index (χ0) is 11.8. The molecule has 1 aromatic carbocycles. The zero-order valence-electron chi connectivity index (χ0n) is 10.1. The number of nitrogens with one attached hydrogen (secondary N) is 1. The lowest BCUT2D eigenvalue weighted by Gasteiger charge is -2.17. The van der Waals surface area contributed by atoms with E-state index in [-0.39, 0.29) is 11.4 Å². The fraction of sp³-hybridized carbons (Fsp3) is 0.538.